The van der Waals surface area contributed by atoms with Crippen LogP contribution in [0.2, 0.25) is 5.02 Å². The summed E-state index contributed by atoms with van der Waals surface area (Å²) in [6.45, 7) is 3.62. The maximum Gasteiger partial charge on any atom is 0.275 e. The van der Waals surface area contributed by atoms with Crippen LogP contribution < -0.4 is 10.6 Å². The number of rotatable bonds is 5. The van der Waals surface area contributed by atoms with E-state index >= 15 is 0 Å². The van der Waals surface area contributed by atoms with Gasteiger partial charge in [0.05, 0.1) is 16.3 Å². The summed E-state index contributed by atoms with van der Waals surface area (Å²) in [5.41, 5.74) is 3.40. The minimum Gasteiger partial charge on any atom is -0.340 e. The van der Waals surface area contributed by atoms with Crippen LogP contribution in [-0.2, 0) is 14.6 Å². The molecule has 0 atom stereocenters. The Hall–Kier alpha value is -3.30. The van der Waals surface area contributed by atoms with E-state index in [0.29, 0.717) is 22.0 Å². The molecule has 1 aliphatic rings. The number of hydrogen-bond donors (Lipinski definition) is 2. The third-order valence-corrected chi connectivity index (χ3v) is 6.29. The number of aliphatic imine (C=N–C) groups is 1. The summed E-state index contributed by atoms with van der Waals surface area (Å²) >= 11 is 6.03. The van der Waals surface area contributed by atoms with Gasteiger partial charge in [0.25, 0.3) is 5.91 Å². The zero-order valence-electron chi connectivity index (χ0n) is 16.7. The number of halogens is 1. The highest BCUT2D eigenvalue weighted by molar-refractivity contribution is 7.91. The number of carbonyl (C=O) groups excluding carboxylic acids is 1. The highest BCUT2D eigenvalue weighted by Gasteiger charge is 2.26. The Balaban J connectivity index is 1.53. The molecule has 0 bridgehead atoms. The molecule has 0 fully saturated rings. The van der Waals surface area contributed by atoms with E-state index in [9.17, 15) is 13.2 Å². The Kier molecular flexibility index (Phi) is 5.47. The number of fused-ring (bicyclic) bond motifs is 1. The molecule has 0 aliphatic carbocycles. The molecule has 4 rings (SSSR count). The van der Waals surface area contributed by atoms with Crippen molar-refractivity contribution in [2.75, 3.05) is 16.5 Å². The van der Waals surface area contributed by atoms with Crippen LogP contribution in [-0.4, -0.2) is 35.9 Å². The summed E-state index contributed by atoms with van der Waals surface area (Å²) in [6, 6.07) is 12.8. The molecule has 2 N–H and O–H groups in total. The van der Waals surface area contributed by atoms with Crippen molar-refractivity contribution in [3.63, 3.8) is 0 Å². The smallest absolute Gasteiger partial charge is 0.275 e. The van der Waals surface area contributed by atoms with Crippen LogP contribution in [0.5, 0.6) is 0 Å². The summed E-state index contributed by atoms with van der Waals surface area (Å²) in [5.74, 6) is -0.432. The summed E-state index contributed by atoms with van der Waals surface area (Å²) in [7, 11) is -3.63. The zero-order valence-corrected chi connectivity index (χ0v) is 18.3. The van der Waals surface area contributed by atoms with E-state index in [1.54, 1.807) is 36.4 Å². The van der Waals surface area contributed by atoms with Crippen LogP contribution in [0.1, 0.15) is 17.0 Å². The van der Waals surface area contributed by atoms with Gasteiger partial charge >= 0.3 is 0 Å². The Morgan fingerprint density at radius 1 is 1.03 bits per heavy atom. The van der Waals surface area contributed by atoms with Crippen molar-refractivity contribution in [2.24, 2.45) is 4.99 Å². The van der Waals surface area contributed by atoms with E-state index in [2.05, 4.69) is 25.6 Å². The fourth-order valence-corrected chi connectivity index (χ4v) is 4.35. The molecule has 0 spiro atoms. The molecule has 0 unspecified atom stereocenters. The first-order valence-corrected chi connectivity index (χ1v) is 11.3. The van der Waals surface area contributed by atoms with Crippen molar-refractivity contribution in [3.8, 4) is 0 Å². The van der Waals surface area contributed by atoms with Crippen LogP contribution in [0, 0.1) is 13.8 Å². The van der Waals surface area contributed by atoms with Crippen molar-refractivity contribution in [1.82, 2.24) is 9.97 Å². The molecule has 0 saturated carbocycles. The largest absolute Gasteiger partial charge is 0.340 e. The molecule has 2 heterocycles. The second kappa shape index (κ2) is 8.09. The maximum absolute atomic E-state index is 12.7. The third-order valence-electron chi connectivity index (χ3n) is 4.54. The molecular formula is C21H18ClN5O3S. The Morgan fingerprint density at radius 3 is 2.39 bits per heavy atom. The molecule has 2 aromatic carbocycles. The number of nitrogens with zero attached hydrogens (tertiary/aromatic N) is 3. The maximum atomic E-state index is 12.7. The van der Waals surface area contributed by atoms with Crippen molar-refractivity contribution < 1.29 is 13.2 Å². The summed E-state index contributed by atoms with van der Waals surface area (Å²) in [6.07, 6.45) is 0. The van der Waals surface area contributed by atoms with Crippen LogP contribution >= 0.6 is 11.6 Å². The topological polar surface area (TPSA) is 113 Å². The number of carbonyl (C=O) groups is 1. The molecule has 3 aromatic rings. The lowest BCUT2D eigenvalue weighted by Gasteiger charge is -2.08. The van der Waals surface area contributed by atoms with Crippen LogP contribution in [0.15, 0.2) is 58.4 Å². The Morgan fingerprint density at radius 2 is 1.71 bits per heavy atom. The predicted molar refractivity (Wildman–Crippen MR) is 120 cm³/mol. The number of sulfone groups is 1. The molecule has 158 valence electrons. The van der Waals surface area contributed by atoms with Gasteiger partial charge in [0, 0.05) is 22.0 Å². The Bertz CT molecular complexity index is 1300. The lowest BCUT2D eigenvalue weighted by atomic mass is 10.1. The fourth-order valence-electron chi connectivity index (χ4n) is 3.14. The number of amides is 1. The average Bonchev–Trinajstić information content (AvgIpc) is 3.01. The van der Waals surface area contributed by atoms with Crippen molar-refractivity contribution in [2.45, 2.75) is 18.7 Å². The monoisotopic (exact) mass is 455 g/mol. The first-order valence-electron chi connectivity index (χ1n) is 9.30. The standard InChI is InChI=1S/C21H18ClN5O3S/c1-12-9-13(2)25-21(24-12)23-11-31(29,30)16-6-4-15(5-7-16)26-19-17-10-14(22)3-8-18(17)27-20(19)28/h3-10H,11H2,1-2H3,(H,23,24,25)(H,26,27,28). The number of aromatic nitrogens is 2. The Labute approximate surface area is 184 Å². The van der Waals surface area contributed by atoms with Gasteiger partial charge < -0.3 is 10.6 Å². The molecule has 1 aromatic heterocycles. The minimum absolute atomic E-state index is 0.118. The van der Waals surface area contributed by atoms with Gasteiger partial charge in [0.2, 0.25) is 5.95 Å². The zero-order chi connectivity index (χ0) is 22.2. The average molecular weight is 456 g/mol. The highest BCUT2D eigenvalue weighted by Crippen LogP contribution is 2.28. The molecule has 1 amide bonds. The highest BCUT2D eigenvalue weighted by atomic mass is 35.5. The number of anilines is 2. The molecule has 8 nitrogen and oxygen atoms in total. The normalized spacial score (nSPS) is 14.4. The lowest BCUT2D eigenvalue weighted by Crippen LogP contribution is -2.16. The first kappa shape index (κ1) is 21.0. The van der Waals surface area contributed by atoms with Crippen molar-refractivity contribution in [1.29, 1.82) is 0 Å². The fraction of sp³-hybridized carbons (Fsp3) is 0.143. The van der Waals surface area contributed by atoms with Crippen molar-refractivity contribution in [3.05, 3.63) is 70.5 Å². The van der Waals surface area contributed by atoms with E-state index in [-0.39, 0.29) is 28.3 Å². The molecular weight excluding hydrogens is 438 g/mol. The third kappa shape index (κ3) is 4.57. The van der Waals surface area contributed by atoms with Gasteiger partial charge in [0.1, 0.15) is 11.6 Å². The van der Waals surface area contributed by atoms with Gasteiger partial charge in [-0.15, -0.1) is 0 Å². The molecule has 31 heavy (non-hydrogen) atoms. The van der Waals surface area contributed by atoms with Gasteiger partial charge in [-0.1, -0.05) is 11.6 Å². The lowest BCUT2D eigenvalue weighted by molar-refractivity contribution is -0.110. The second-order valence-electron chi connectivity index (χ2n) is 7.01. The quantitative estimate of drug-likeness (QED) is 0.606. The van der Waals surface area contributed by atoms with E-state index in [1.807, 2.05) is 13.8 Å². The molecule has 0 radical (unpaired) electrons. The van der Waals surface area contributed by atoms with Gasteiger partial charge in [-0.05, 0) is 62.4 Å². The second-order valence-corrected chi connectivity index (χ2v) is 9.43. The minimum atomic E-state index is -3.63. The molecule has 10 heteroatoms. The number of hydrogen-bond acceptors (Lipinski definition) is 7. The molecule has 0 saturated heterocycles. The van der Waals surface area contributed by atoms with Crippen molar-refractivity contribution >= 4 is 50.4 Å². The SMILES string of the molecule is Cc1cc(C)nc(NCS(=O)(=O)c2ccc(N=C3C(=O)Nc4ccc(Cl)cc43)cc2)n1. The summed E-state index contributed by atoms with van der Waals surface area (Å²) < 4.78 is 25.3. The first-order chi connectivity index (χ1) is 14.7. The van der Waals surface area contributed by atoms with E-state index < -0.39 is 9.84 Å². The number of benzene rings is 2. The number of aryl methyl sites for hydroxylation is 2. The summed E-state index contributed by atoms with van der Waals surface area (Å²) in [4.78, 5) is 25.1. The molecule has 1 aliphatic heterocycles. The van der Waals surface area contributed by atoms with E-state index in [0.717, 1.165) is 11.4 Å². The van der Waals surface area contributed by atoms with Crippen LogP contribution in [0.4, 0.5) is 17.3 Å². The van der Waals surface area contributed by atoms with Gasteiger partial charge in [0.15, 0.2) is 9.84 Å². The summed E-state index contributed by atoms with van der Waals surface area (Å²) in [5, 5.41) is 5.97. The van der Waals surface area contributed by atoms with Crippen LogP contribution in [0.25, 0.3) is 0 Å². The van der Waals surface area contributed by atoms with Gasteiger partial charge in [-0.25, -0.2) is 23.4 Å². The number of nitrogens with one attached hydrogen (secondary N) is 2. The predicted octanol–water partition coefficient (Wildman–Crippen LogP) is 3.66. The van der Waals surface area contributed by atoms with E-state index in [1.165, 1.54) is 12.1 Å². The van der Waals surface area contributed by atoms with Gasteiger partial charge in [-0.3, -0.25) is 4.79 Å². The van der Waals surface area contributed by atoms with E-state index in [4.69, 9.17) is 11.6 Å². The van der Waals surface area contributed by atoms with Gasteiger partial charge in [-0.2, -0.15) is 0 Å². The van der Waals surface area contributed by atoms with Crippen LogP contribution in [0.3, 0.4) is 0 Å².